The number of carbonyl (C=O) groups is 1. The van der Waals surface area contributed by atoms with E-state index in [1.807, 2.05) is 11.9 Å². The molecule has 2 aromatic rings. The average Bonchev–Trinajstić information content (AvgIpc) is 2.66. The van der Waals surface area contributed by atoms with Crippen molar-refractivity contribution in [2.45, 2.75) is 32.9 Å². The van der Waals surface area contributed by atoms with E-state index >= 15 is 0 Å². The SMILES string of the molecule is CCC[C@@H](C)CN(C)/C=C\c1cc(-c2ncc(C(F)(F)F)cn2)c(F)cc1C=O. The molecule has 0 fully saturated rings. The van der Waals surface area contributed by atoms with Gasteiger partial charge in [0.05, 0.1) is 11.1 Å². The number of benzene rings is 1. The monoisotopic (exact) mass is 409 g/mol. The lowest BCUT2D eigenvalue weighted by Crippen LogP contribution is -2.18. The third-order valence-corrected chi connectivity index (χ3v) is 4.41. The molecule has 1 aromatic heterocycles. The summed E-state index contributed by atoms with van der Waals surface area (Å²) in [5.41, 5.74) is -0.542. The van der Waals surface area contributed by atoms with Gasteiger partial charge in [-0.05, 0) is 42.3 Å². The fraction of sp³-hybridized carbons (Fsp3) is 0.381. The largest absolute Gasteiger partial charge is 0.419 e. The average molecular weight is 409 g/mol. The lowest BCUT2D eigenvalue weighted by molar-refractivity contribution is -0.138. The molecule has 0 N–H and O–H groups in total. The van der Waals surface area contributed by atoms with Crippen molar-refractivity contribution in [2.24, 2.45) is 5.92 Å². The molecule has 0 saturated carbocycles. The molecule has 0 radical (unpaired) electrons. The molecule has 0 spiro atoms. The predicted octanol–water partition coefficient (Wildman–Crippen LogP) is 5.45. The van der Waals surface area contributed by atoms with Crippen molar-refractivity contribution >= 4 is 12.4 Å². The topological polar surface area (TPSA) is 46.1 Å². The van der Waals surface area contributed by atoms with Crippen molar-refractivity contribution < 1.29 is 22.4 Å². The number of alkyl halides is 3. The van der Waals surface area contributed by atoms with Crippen LogP contribution in [0, 0.1) is 11.7 Å². The second-order valence-electron chi connectivity index (χ2n) is 7.02. The third-order valence-electron chi connectivity index (χ3n) is 4.41. The highest BCUT2D eigenvalue weighted by Crippen LogP contribution is 2.29. The highest BCUT2D eigenvalue weighted by atomic mass is 19.4. The molecular weight excluding hydrogens is 386 g/mol. The van der Waals surface area contributed by atoms with Gasteiger partial charge >= 0.3 is 6.18 Å². The van der Waals surface area contributed by atoms with Crippen LogP contribution in [0.25, 0.3) is 17.5 Å². The number of aldehydes is 1. The molecular formula is C21H23F4N3O. The Balaban J connectivity index is 2.32. The number of halogens is 4. The minimum absolute atomic E-state index is 0.0778. The minimum Gasteiger partial charge on any atom is -0.380 e. The normalized spacial score (nSPS) is 12.9. The molecule has 0 aliphatic heterocycles. The molecule has 29 heavy (non-hydrogen) atoms. The highest BCUT2D eigenvalue weighted by molar-refractivity contribution is 5.84. The lowest BCUT2D eigenvalue weighted by Gasteiger charge is -2.19. The van der Waals surface area contributed by atoms with E-state index in [0.717, 1.165) is 25.5 Å². The molecule has 0 saturated heterocycles. The third kappa shape index (κ3) is 6.10. The van der Waals surface area contributed by atoms with Crippen LogP contribution in [0.15, 0.2) is 30.7 Å². The van der Waals surface area contributed by atoms with Crippen LogP contribution in [0.1, 0.15) is 48.2 Å². The van der Waals surface area contributed by atoms with Crippen molar-refractivity contribution in [3.63, 3.8) is 0 Å². The Bertz CT molecular complexity index is 863. The first-order chi connectivity index (χ1) is 13.7. The van der Waals surface area contributed by atoms with E-state index in [0.29, 0.717) is 30.2 Å². The van der Waals surface area contributed by atoms with Gasteiger partial charge in [-0.25, -0.2) is 14.4 Å². The van der Waals surface area contributed by atoms with E-state index in [9.17, 15) is 22.4 Å². The van der Waals surface area contributed by atoms with Crippen molar-refractivity contribution in [1.29, 1.82) is 0 Å². The molecule has 8 heteroatoms. The Kier molecular flexibility index (Phi) is 7.47. The van der Waals surface area contributed by atoms with Gasteiger partial charge in [-0.15, -0.1) is 0 Å². The molecule has 0 unspecified atom stereocenters. The van der Waals surface area contributed by atoms with Gasteiger partial charge in [0.25, 0.3) is 0 Å². The molecule has 156 valence electrons. The summed E-state index contributed by atoms with van der Waals surface area (Å²) < 4.78 is 52.4. The van der Waals surface area contributed by atoms with E-state index in [4.69, 9.17) is 0 Å². The first-order valence-electron chi connectivity index (χ1n) is 9.22. The fourth-order valence-corrected chi connectivity index (χ4v) is 2.98. The first-order valence-corrected chi connectivity index (χ1v) is 9.22. The van der Waals surface area contributed by atoms with Crippen molar-refractivity contribution in [1.82, 2.24) is 14.9 Å². The minimum atomic E-state index is -4.58. The summed E-state index contributed by atoms with van der Waals surface area (Å²) in [4.78, 5) is 20.6. The summed E-state index contributed by atoms with van der Waals surface area (Å²) in [7, 11) is 1.90. The predicted molar refractivity (Wildman–Crippen MR) is 104 cm³/mol. The van der Waals surface area contributed by atoms with Gasteiger partial charge in [0, 0.05) is 31.5 Å². The van der Waals surface area contributed by atoms with Crippen LogP contribution in [-0.4, -0.2) is 34.7 Å². The van der Waals surface area contributed by atoms with Gasteiger partial charge in [0.1, 0.15) is 5.82 Å². The van der Waals surface area contributed by atoms with Crippen LogP contribution in [-0.2, 0) is 6.18 Å². The Morgan fingerprint density at radius 3 is 2.38 bits per heavy atom. The van der Waals surface area contributed by atoms with Crippen LogP contribution >= 0.6 is 0 Å². The Morgan fingerprint density at radius 1 is 1.17 bits per heavy atom. The number of nitrogens with zero attached hydrogens (tertiary/aromatic N) is 3. The van der Waals surface area contributed by atoms with E-state index in [-0.39, 0.29) is 17.0 Å². The van der Waals surface area contributed by atoms with Crippen LogP contribution in [0.4, 0.5) is 17.6 Å². The number of hydrogen-bond donors (Lipinski definition) is 0. The summed E-state index contributed by atoms with van der Waals surface area (Å²) in [6.07, 6.45) is 2.78. The van der Waals surface area contributed by atoms with Crippen molar-refractivity contribution in [2.75, 3.05) is 13.6 Å². The summed E-state index contributed by atoms with van der Waals surface area (Å²) in [5.74, 6) is -0.481. The second kappa shape index (κ2) is 9.62. The molecule has 1 atom stereocenters. The Labute approximate surface area is 167 Å². The maximum Gasteiger partial charge on any atom is 0.419 e. The molecule has 1 aromatic carbocycles. The van der Waals surface area contributed by atoms with Crippen molar-refractivity contribution in [3.8, 4) is 11.4 Å². The van der Waals surface area contributed by atoms with Gasteiger partial charge in [0.15, 0.2) is 12.1 Å². The summed E-state index contributed by atoms with van der Waals surface area (Å²) >= 11 is 0. The molecule has 0 aliphatic rings. The summed E-state index contributed by atoms with van der Waals surface area (Å²) in [5, 5.41) is 0. The molecule has 2 rings (SSSR count). The van der Waals surface area contributed by atoms with E-state index in [2.05, 4.69) is 23.8 Å². The zero-order chi connectivity index (χ0) is 21.6. The maximum atomic E-state index is 14.4. The number of carbonyl (C=O) groups excluding carboxylic acids is 1. The quantitative estimate of drug-likeness (QED) is 0.430. The number of rotatable bonds is 8. The maximum absolute atomic E-state index is 14.4. The molecule has 4 nitrogen and oxygen atoms in total. The van der Waals surface area contributed by atoms with Gasteiger partial charge in [0.2, 0.25) is 0 Å². The van der Waals surface area contributed by atoms with Crippen LogP contribution in [0.2, 0.25) is 0 Å². The van der Waals surface area contributed by atoms with Gasteiger partial charge < -0.3 is 4.90 Å². The van der Waals surface area contributed by atoms with E-state index < -0.39 is 17.6 Å². The standard InChI is InChI=1S/C21H23F4N3O/c1-4-5-14(2)12-28(3)7-6-15-8-18(19(22)9-16(15)13-29)20-26-10-17(11-27-20)21(23,24)25/h6-11,13-14H,4-5,12H2,1-3H3/b7-6-/t14-/m1/s1. The Morgan fingerprint density at radius 2 is 1.83 bits per heavy atom. The highest BCUT2D eigenvalue weighted by Gasteiger charge is 2.31. The van der Waals surface area contributed by atoms with Gasteiger partial charge in [-0.1, -0.05) is 20.3 Å². The zero-order valence-corrected chi connectivity index (χ0v) is 16.5. The Hall–Kier alpha value is -2.77. The lowest BCUT2D eigenvalue weighted by atomic mass is 10.0. The molecule has 1 heterocycles. The first kappa shape index (κ1) is 22.5. The van der Waals surface area contributed by atoms with Gasteiger partial charge in [-0.2, -0.15) is 13.2 Å². The van der Waals surface area contributed by atoms with Crippen LogP contribution in [0.3, 0.4) is 0 Å². The summed E-state index contributed by atoms with van der Waals surface area (Å²) in [6, 6.07) is 2.39. The second-order valence-corrected chi connectivity index (χ2v) is 7.02. The van der Waals surface area contributed by atoms with E-state index in [1.54, 1.807) is 12.3 Å². The number of aromatic nitrogens is 2. The zero-order valence-electron chi connectivity index (χ0n) is 16.5. The molecule has 0 amide bonds. The van der Waals surface area contributed by atoms with Crippen molar-refractivity contribution in [3.05, 3.63) is 53.2 Å². The molecule has 0 aliphatic carbocycles. The van der Waals surface area contributed by atoms with Crippen LogP contribution in [0.5, 0.6) is 0 Å². The van der Waals surface area contributed by atoms with E-state index in [1.165, 1.54) is 6.07 Å². The van der Waals surface area contributed by atoms with Crippen LogP contribution < -0.4 is 0 Å². The summed E-state index contributed by atoms with van der Waals surface area (Å²) in [6.45, 7) is 5.07. The number of hydrogen-bond acceptors (Lipinski definition) is 4. The van der Waals surface area contributed by atoms with Gasteiger partial charge in [-0.3, -0.25) is 4.79 Å². The molecule has 0 bridgehead atoms. The fourth-order valence-electron chi connectivity index (χ4n) is 2.98. The smallest absolute Gasteiger partial charge is 0.380 e.